The molecule has 100 valence electrons. The van der Waals surface area contributed by atoms with Gasteiger partial charge >= 0.3 is 0 Å². The maximum atomic E-state index is 12.3. The molecule has 0 radical (unpaired) electrons. The van der Waals surface area contributed by atoms with E-state index in [9.17, 15) is 4.79 Å². The number of methoxy groups -OCH3 is 1. The Kier molecular flexibility index (Phi) is 4.71. The number of hydrogen-bond acceptors (Lipinski definition) is 3. The van der Waals surface area contributed by atoms with E-state index in [1.54, 1.807) is 11.8 Å². The zero-order chi connectivity index (χ0) is 13.7. The fourth-order valence-electron chi connectivity index (χ4n) is 1.85. The van der Waals surface area contributed by atoms with E-state index < -0.39 is 0 Å². The van der Waals surface area contributed by atoms with Crippen molar-refractivity contribution in [3.05, 3.63) is 52.8 Å². The number of rotatable bonds is 6. The van der Waals surface area contributed by atoms with Crippen molar-refractivity contribution in [2.75, 3.05) is 13.7 Å². The van der Waals surface area contributed by atoms with E-state index in [0.29, 0.717) is 30.3 Å². The zero-order valence-electron chi connectivity index (χ0n) is 10.7. The van der Waals surface area contributed by atoms with Crippen LogP contribution in [-0.2, 0) is 17.7 Å². The third kappa shape index (κ3) is 3.43. The number of hydrogen-bond donors (Lipinski definition) is 0. The van der Waals surface area contributed by atoms with Crippen molar-refractivity contribution < 1.29 is 9.53 Å². The quantitative estimate of drug-likeness (QED) is 0.763. The third-order valence-electron chi connectivity index (χ3n) is 2.77. The molecule has 0 aliphatic carbocycles. The Bertz CT molecular complexity index is 552. The molecule has 1 aromatic carbocycles. The Balaban J connectivity index is 2.16. The van der Waals surface area contributed by atoms with E-state index in [2.05, 4.69) is 5.10 Å². The number of ether oxygens (including phenoxy) is 1. The summed E-state index contributed by atoms with van der Waals surface area (Å²) in [4.78, 5) is 12.3. The summed E-state index contributed by atoms with van der Waals surface area (Å²) in [5.41, 5.74) is 1.41. The van der Waals surface area contributed by atoms with Crippen LogP contribution in [0.25, 0.3) is 0 Å². The lowest BCUT2D eigenvalue weighted by Crippen LogP contribution is -2.15. The summed E-state index contributed by atoms with van der Waals surface area (Å²) >= 11 is 6.04. The van der Waals surface area contributed by atoms with Crippen LogP contribution in [-0.4, -0.2) is 29.3 Å². The SMILES string of the molecule is COCCn1ncc(Cl)c1C(=O)Cc1ccccc1. The molecule has 0 amide bonds. The second kappa shape index (κ2) is 6.50. The number of halogens is 1. The molecule has 0 aliphatic rings. The maximum absolute atomic E-state index is 12.3. The molecule has 19 heavy (non-hydrogen) atoms. The van der Waals surface area contributed by atoms with Gasteiger partial charge in [0.25, 0.3) is 0 Å². The lowest BCUT2D eigenvalue weighted by Gasteiger charge is -2.07. The highest BCUT2D eigenvalue weighted by Crippen LogP contribution is 2.17. The van der Waals surface area contributed by atoms with Gasteiger partial charge < -0.3 is 4.74 Å². The number of ketones is 1. The maximum Gasteiger partial charge on any atom is 0.186 e. The molecule has 0 N–H and O–H groups in total. The van der Waals surface area contributed by atoms with Crippen LogP contribution in [0.15, 0.2) is 36.5 Å². The van der Waals surface area contributed by atoms with Crippen LogP contribution >= 0.6 is 11.6 Å². The highest BCUT2D eigenvalue weighted by atomic mass is 35.5. The van der Waals surface area contributed by atoms with E-state index in [-0.39, 0.29) is 5.78 Å². The first kappa shape index (κ1) is 13.8. The second-order valence-corrected chi connectivity index (χ2v) is 4.55. The van der Waals surface area contributed by atoms with Gasteiger partial charge in [-0.3, -0.25) is 9.48 Å². The van der Waals surface area contributed by atoms with Crippen molar-refractivity contribution in [1.82, 2.24) is 9.78 Å². The molecule has 0 aliphatic heterocycles. The molecule has 0 saturated heterocycles. The molecule has 0 fully saturated rings. The summed E-state index contributed by atoms with van der Waals surface area (Å²) in [7, 11) is 1.61. The minimum Gasteiger partial charge on any atom is -0.383 e. The lowest BCUT2D eigenvalue weighted by atomic mass is 10.1. The molecular weight excluding hydrogens is 264 g/mol. The van der Waals surface area contributed by atoms with Crippen molar-refractivity contribution in [3.63, 3.8) is 0 Å². The summed E-state index contributed by atoms with van der Waals surface area (Å²) in [5.74, 6) is -0.0372. The molecule has 5 heteroatoms. The Morgan fingerprint density at radius 3 is 2.79 bits per heavy atom. The summed E-state index contributed by atoms with van der Waals surface area (Å²) < 4.78 is 6.59. The fourth-order valence-corrected chi connectivity index (χ4v) is 2.10. The largest absolute Gasteiger partial charge is 0.383 e. The Labute approximate surface area is 116 Å². The molecule has 1 heterocycles. The zero-order valence-corrected chi connectivity index (χ0v) is 11.4. The molecule has 0 saturated carbocycles. The fraction of sp³-hybridized carbons (Fsp3) is 0.286. The van der Waals surface area contributed by atoms with Crippen molar-refractivity contribution in [2.45, 2.75) is 13.0 Å². The van der Waals surface area contributed by atoms with E-state index >= 15 is 0 Å². The highest BCUT2D eigenvalue weighted by Gasteiger charge is 2.17. The number of carbonyl (C=O) groups excluding carboxylic acids is 1. The van der Waals surface area contributed by atoms with E-state index in [0.717, 1.165) is 5.56 Å². The molecular formula is C14H15ClN2O2. The van der Waals surface area contributed by atoms with Crippen LogP contribution in [0.3, 0.4) is 0 Å². The molecule has 0 bridgehead atoms. The Morgan fingerprint density at radius 1 is 1.37 bits per heavy atom. The predicted molar refractivity (Wildman–Crippen MR) is 73.6 cm³/mol. The van der Waals surface area contributed by atoms with Gasteiger partial charge in [-0.2, -0.15) is 5.10 Å². The van der Waals surface area contributed by atoms with Crippen molar-refractivity contribution in [1.29, 1.82) is 0 Å². The second-order valence-electron chi connectivity index (χ2n) is 4.14. The van der Waals surface area contributed by atoms with E-state index in [1.165, 1.54) is 6.20 Å². The van der Waals surface area contributed by atoms with E-state index in [4.69, 9.17) is 16.3 Å². The van der Waals surface area contributed by atoms with Gasteiger partial charge in [-0.25, -0.2) is 0 Å². The first-order chi connectivity index (χ1) is 9.22. The normalized spacial score (nSPS) is 10.6. The van der Waals surface area contributed by atoms with Gasteiger partial charge in [0.1, 0.15) is 5.69 Å². The third-order valence-corrected chi connectivity index (χ3v) is 3.05. The van der Waals surface area contributed by atoms with Crippen LogP contribution in [0.4, 0.5) is 0 Å². The van der Waals surface area contributed by atoms with Gasteiger partial charge in [-0.15, -0.1) is 0 Å². The Morgan fingerprint density at radius 2 is 2.11 bits per heavy atom. The van der Waals surface area contributed by atoms with Crippen molar-refractivity contribution in [3.8, 4) is 0 Å². The Hall–Kier alpha value is -1.65. The first-order valence-corrected chi connectivity index (χ1v) is 6.37. The standard InChI is InChI=1S/C14H15ClN2O2/c1-19-8-7-17-14(12(15)10-16-17)13(18)9-11-5-3-2-4-6-11/h2-6,10H,7-9H2,1H3. The van der Waals surface area contributed by atoms with Gasteiger partial charge in [-0.05, 0) is 5.56 Å². The molecule has 0 spiro atoms. The van der Waals surface area contributed by atoms with Gasteiger partial charge in [0.05, 0.1) is 24.4 Å². The number of aromatic nitrogens is 2. The summed E-state index contributed by atoms with van der Waals surface area (Å²) in [6.45, 7) is 1.00. The van der Waals surface area contributed by atoms with E-state index in [1.807, 2.05) is 30.3 Å². The van der Waals surface area contributed by atoms with Crippen LogP contribution in [0, 0.1) is 0 Å². The number of benzene rings is 1. The number of nitrogens with zero attached hydrogens (tertiary/aromatic N) is 2. The molecule has 0 atom stereocenters. The molecule has 2 aromatic rings. The lowest BCUT2D eigenvalue weighted by molar-refractivity contribution is 0.0979. The molecule has 2 rings (SSSR count). The average Bonchev–Trinajstić information content (AvgIpc) is 2.78. The molecule has 0 unspecified atom stereocenters. The van der Waals surface area contributed by atoms with Crippen molar-refractivity contribution >= 4 is 17.4 Å². The summed E-state index contributed by atoms with van der Waals surface area (Å²) in [6, 6.07) is 9.58. The number of Topliss-reactive ketones (excluding diaryl/α,β-unsaturated/α-hetero) is 1. The predicted octanol–water partition coefficient (Wildman–Crippen LogP) is 2.61. The topological polar surface area (TPSA) is 44.1 Å². The number of carbonyl (C=O) groups is 1. The van der Waals surface area contributed by atoms with Gasteiger partial charge in [0.15, 0.2) is 5.78 Å². The van der Waals surface area contributed by atoms with Crippen LogP contribution < -0.4 is 0 Å². The molecule has 4 nitrogen and oxygen atoms in total. The summed E-state index contributed by atoms with van der Waals surface area (Å²) in [5, 5.41) is 4.49. The average molecular weight is 279 g/mol. The van der Waals surface area contributed by atoms with Crippen LogP contribution in [0.1, 0.15) is 16.1 Å². The summed E-state index contributed by atoms with van der Waals surface area (Å²) in [6.07, 6.45) is 1.81. The first-order valence-electron chi connectivity index (χ1n) is 5.99. The highest BCUT2D eigenvalue weighted by molar-refractivity contribution is 6.33. The molecule has 1 aromatic heterocycles. The van der Waals surface area contributed by atoms with Crippen molar-refractivity contribution in [2.24, 2.45) is 0 Å². The van der Waals surface area contributed by atoms with Gasteiger partial charge in [0, 0.05) is 13.5 Å². The van der Waals surface area contributed by atoms with Gasteiger partial charge in [0.2, 0.25) is 0 Å². The monoisotopic (exact) mass is 278 g/mol. The minimum absolute atomic E-state index is 0.0372. The van der Waals surface area contributed by atoms with Crippen LogP contribution in [0.5, 0.6) is 0 Å². The van der Waals surface area contributed by atoms with Crippen LogP contribution in [0.2, 0.25) is 5.02 Å². The van der Waals surface area contributed by atoms with Gasteiger partial charge in [-0.1, -0.05) is 41.9 Å². The smallest absolute Gasteiger partial charge is 0.186 e. The minimum atomic E-state index is -0.0372.